The fourth-order valence-electron chi connectivity index (χ4n) is 2.52. The number of aliphatic imine (C=N–C) groups is 1. The molecule has 134 valence electrons. The topological polar surface area (TPSA) is 58.1 Å². The van der Waals surface area contributed by atoms with Crippen LogP contribution in [0.3, 0.4) is 0 Å². The van der Waals surface area contributed by atoms with Gasteiger partial charge in [0, 0.05) is 39.8 Å². The van der Waals surface area contributed by atoms with Crippen LogP contribution in [0, 0.1) is 0 Å². The van der Waals surface area contributed by atoms with Gasteiger partial charge in [-0.25, -0.2) is 0 Å². The van der Waals surface area contributed by atoms with Gasteiger partial charge in [0.25, 0.3) is 0 Å². The van der Waals surface area contributed by atoms with Gasteiger partial charge in [0.2, 0.25) is 0 Å². The Morgan fingerprint density at radius 3 is 2.54 bits per heavy atom. The van der Waals surface area contributed by atoms with E-state index >= 15 is 0 Å². The highest BCUT2D eigenvalue weighted by atomic mass is 16.5. The second-order valence-electron chi connectivity index (χ2n) is 6.12. The number of ether oxygens (including phenoxy) is 2. The van der Waals surface area contributed by atoms with Crippen LogP contribution in [0.2, 0.25) is 0 Å². The summed E-state index contributed by atoms with van der Waals surface area (Å²) in [6, 6.07) is 8.16. The Labute approximate surface area is 145 Å². The monoisotopic (exact) mass is 334 g/mol. The van der Waals surface area contributed by atoms with Crippen LogP contribution < -0.4 is 15.4 Å². The maximum absolute atomic E-state index is 5.66. The van der Waals surface area contributed by atoms with Gasteiger partial charge in [-0.1, -0.05) is 12.1 Å². The van der Waals surface area contributed by atoms with Crippen LogP contribution in [-0.2, 0) is 11.3 Å². The molecule has 6 heteroatoms. The fraction of sp³-hybridized carbons (Fsp3) is 0.611. The first-order chi connectivity index (χ1) is 11.7. The zero-order valence-electron chi connectivity index (χ0n) is 15.0. The van der Waals surface area contributed by atoms with Gasteiger partial charge in [0.05, 0.1) is 19.3 Å². The van der Waals surface area contributed by atoms with E-state index in [1.54, 1.807) is 7.05 Å². The molecule has 0 bridgehead atoms. The van der Waals surface area contributed by atoms with Gasteiger partial charge in [-0.15, -0.1) is 0 Å². The molecule has 1 heterocycles. The molecule has 2 rings (SSSR count). The third kappa shape index (κ3) is 6.76. The molecule has 1 aliphatic heterocycles. The minimum absolute atomic E-state index is 0.198. The number of nitrogens with zero attached hydrogens (tertiary/aromatic N) is 2. The number of hydrogen-bond acceptors (Lipinski definition) is 4. The number of hydrogen-bond donors (Lipinski definition) is 2. The largest absolute Gasteiger partial charge is 0.491 e. The zero-order chi connectivity index (χ0) is 17.2. The Morgan fingerprint density at radius 1 is 1.21 bits per heavy atom. The average molecular weight is 334 g/mol. The summed E-state index contributed by atoms with van der Waals surface area (Å²) in [5.74, 6) is 1.73. The highest BCUT2D eigenvalue weighted by Gasteiger charge is 2.09. The molecular weight excluding hydrogens is 304 g/mol. The Hall–Kier alpha value is -1.79. The highest BCUT2D eigenvalue weighted by Crippen LogP contribution is 2.13. The maximum atomic E-state index is 5.66. The summed E-state index contributed by atoms with van der Waals surface area (Å²) in [7, 11) is 1.80. The van der Waals surface area contributed by atoms with Crippen molar-refractivity contribution in [2.75, 3.05) is 46.4 Å². The van der Waals surface area contributed by atoms with E-state index in [0.29, 0.717) is 0 Å². The average Bonchev–Trinajstić information content (AvgIpc) is 2.59. The van der Waals surface area contributed by atoms with E-state index in [4.69, 9.17) is 9.47 Å². The summed E-state index contributed by atoms with van der Waals surface area (Å²) < 4.78 is 11.0. The molecule has 24 heavy (non-hydrogen) atoms. The predicted molar refractivity (Wildman–Crippen MR) is 97.7 cm³/mol. The van der Waals surface area contributed by atoms with Gasteiger partial charge in [-0.05, 0) is 31.5 Å². The molecule has 2 N–H and O–H groups in total. The van der Waals surface area contributed by atoms with Crippen molar-refractivity contribution in [3.8, 4) is 5.75 Å². The van der Waals surface area contributed by atoms with E-state index < -0.39 is 0 Å². The Bertz CT molecular complexity index is 496. The predicted octanol–water partition coefficient (Wildman–Crippen LogP) is 1.47. The third-order valence-electron chi connectivity index (χ3n) is 3.80. The van der Waals surface area contributed by atoms with E-state index in [-0.39, 0.29) is 6.10 Å². The van der Waals surface area contributed by atoms with Crippen LogP contribution in [0.4, 0.5) is 0 Å². The standard InChI is InChI=1S/C18H30N4O2/c1-15(2)24-17-6-4-16(5-7-17)14-21-18(19-3)20-8-9-22-10-12-23-13-11-22/h4-7,15H,8-14H2,1-3H3,(H2,19,20,21). The van der Waals surface area contributed by atoms with Crippen LogP contribution in [0.25, 0.3) is 0 Å². The SMILES string of the molecule is CN=C(NCCN1CCOCC1)NCc1ccc(OC(C)C)cc1. The molecule has 0 spiro atoms. The molecule has 0 radical (unpaired) electrons. The molecule has 0 saturated carbocycles. The molecule has 0 atom stereocenters. The molecule has 1 saturated heterocycles. The summed E-state index contributed by atoms with van der Waals surface area (Å²) in [6.45, 7) is 10.4. The zero-order valence-corrected chi connectivity index (χ0v) is 15.0. The molecule has 1 aromatic carbocycles. The maximum Gasteiger partial charge on any atom is 0.191 e. The molecule has 0 aromatic heterocycles. The third-order valence-corrected chi connectivity index (χ3v) is 3.80. The van der Waals surface area contributed by atoms with Gasteiger partial charge in [-0.2, -0.15) is 0 Å². The molecular formula is C18H30N4O2. The number of guanidine groups is 1. The van der Waals surface area contributed by atoms with Crippen molar-refractivity contribution in [1.29, 1.82) is 0 Å². The molecule has 1 fully saturated rings. The van der Waals surface area contributed by atoms with Crippen LogP contribution in [-0.4, -0.2) is 63.4 Å². The van der Waals surface area contributed by atoms with Crippen LogP contribution in [0.5, 0.6) is 5.75 Å². The van der Waals surface area contributed by atoms with Crippen molar-refractivity contribution in [2.24, 2.45) is 4.99 Å². The second kappa shape index (κ2) is 10.2. The molecule has 0 aliphatic carbocycles. The van der Waals surface area contributed by atoms with E-state index in [1.807, 2.05) is 26.0 Å². The normalized spacial score (nSPS) is 16.2. The van der Waals surface area contributed by atoms with E-state index in [2.05, 4.69) is 32.7 Å². The van der Waals surface area contributed by atoms with Gasteiger partial charge in [0.1, 0.15) is 5.75 Å². The molecule has 0 amide bonds. The lowest BCUT2D eigenvalue weighted by Gasteiger charge is -2.26. The van der Waals surface area contributed by atoms with E-state index in [9.17, 15) is 0 Å². The lowest BCUT2D eigenvalue weighted by Crippen LogP contribution is -2.44. The Kier molecular flexibility index (Phi) is 7.85. The molecule has 1 aliphatic rings. The Morgan fingerprint density at radius 2 is 1.92 bits per heavy atom. The van der Waals surface area contributed by atoms with Crippen molar-refractivity contribution in [1.82, 2.24) is 15.5 Å². The minimum Gasteiger partial charge on any atom is -0.491 e. The Balaban J connectivity index is 1.68. The molecule has 0 unspecified atom stereocenters. The quantitative estimate of drug-likeness (QED) is 0.584. The van der Waals surface area contributed by atoms with Crippen molar-refractivity contribution < 1.29 is 9.47 Å². The minimum atomic E-state index is 0.198. The first-order valence-electron chi connectivity index (χ1n) is 8.67. The second-order valence-corrected chi connectivity index (χ2v) is 6.12. The van der Waals surface area contributed by atoms with Crippen LogP contribution in [0.1, 0.15) is 19.4 Å². The first-order valence-corrected chi connectivity index (χ1v) is 8.67. The lowest BCUT2D eigenvalue weighted by molar-refractivity contribution is 0.0389. The lowest BCUT2D eigenvalue weighted by atomic mass is 10.2. The molecule has 1 aromatic rings. The van der Waals surface area contributed by atoms with Crippen LogP contribution in [0.15, 0.2) is 29.3 Å². The van der Waals surface area contributed by atoms with E-state index in [0.717, 1.165) is 57.6 Å². The summed E-state index contributed by atoms with van der Waals surface area (Å²) >= 11 is 0. The van der Waals surface area contributed by atoms with Crippen molar-refractivity contribution >= 4 is 5.96 Å². The number of morpholine rings is 1. The van der Waals surface area contributed by atoms with Gasteiger partial charge in [0.15, 0.2) is 5.96 Å². The van der Waals surface area contributed by atoms with Gasteiger partial charge in [-0.3, -0.25) is 9.89 Å². The van der Waals surface area contributed by atoms with Crippen LogP contribution >= 0.6 is 0 Å². The van der Waals surface area contributed by atoms with Gasteiger partial charge < -0.3 is 20.1 Å². The summed E-state index contributed by atoms with van der Waals surface area (Å²) in [5.41, 5.74) is 1.20. The fourth-order valence-corrected chi connectivity index (χ4v) is 2.52. The van der Waals surface area contributed by atoms with Gasteiger partial charge >= 0.3 is 0 Å². The summed E-state index contributed by atoms with van der Waals surface area (Å²) in [5, 5.41) is 6.69. The number of benzene rings is 1. The van der Waals surface area contributed by atoms with Crippen molar-refractivity contribution in [3.63, 3.8) is 0 Å². The smallest absolute Gasteiger partial charge is 0.191 e. The molecule has 6 nitrogen and oxygen atoms in total. The summed E-state index contributed by atoms with van der Waals surface area (Å²) in [6.07, 6.45) is 0.198. The first kappa shape index (κ1) is 18.5. The van der Waals surface area contributed by atoms with Crippen molar-refractivity contribution in [3.05, 3.63) is 29.8 Å². The van der Waals surface area contributed by atoms with Crippen molar-refractivity contribution in [2.45, 2.75) is 26.5 Å². The highest BCUT2D eigenvalue weighted by molar-refractivity contribution is 5.79. The van der Waals surface area contributed by atoms with E-state index in [1.165, 1.54) is 5.56 Å². The number of rotatable bonds is 7. The number of nitrogens with one attached hydrogen (secondary N) is 2. The summed E-state index contributed by atoms with van der Waals surface area (Å²) in [4.78, 5) is 6.67.